The maximum Gasteiger partial charge on any atom is 0.354 e. The Morgan fingerprint density at radius 3 is 2.58 bits per heavy atom. The molecule has 1 rings (SSSR count). The highest BCUT2D eigenvalue weighted by atomic mass is 16.7. The van der Waals surface area contributed by atoms with E-state index < -0.39 is 43.3 Å². The highest BCUT2D eigenvalue weighted by molar-refractivity contribution is 6.01. The molecule has 1 saturated heterocycles. The van der Waals surface area contributed by atoms with E-state index in [1.165, 1.54) is 14.0 Å². The van der Waals surface area contributed by atoms with E-state index in [0.717, 1.165) is 4.90 Å². The van der Waals surface area contributed by atoms with Crippen LogP contribution in [0.15, 0.2) is 0 Å². The Bertz CT molecular complexity index is 478. The van der Waals surface area contributed by atoms with Gasteiger partial charge in [-0.2, -0.15) is 0 Å². The Hall–Kier alpha value is -1.96. The van der Waals surface area contributed by atoms with Crippen molar-refractivity contribution in [1.82, 2.24) is 15.3 Å². The summed E-state index contributed by atoms with van der Waals surface area (Å²) in [6.07, 6.45) is -0.0630. The van der Waals surface area contributed by atoms with Crippen LogP contribution in [0.4, 0.5) is 0 Å². The highest BCUT2D eigenvalue weighted by Gasteiger charge is 2.34. The van der Waals surface area contributed by atoms with E-state index in [2.05, 4.69) is 10.2 Å². The minimum absolute atomic E-state index is 0.0315. The number of nitrogens with zero attached hydrogens (tertiary/aromatic N) is 2. The van der Waals surface area contributed by atoms with Gasteiger partial charge in [-0.15, -0.1) is 5.06 Å². The third kappa shape index (κ3) is 4.32. The van der Waals surface area contributed by atoms with Gasteiger partial charge in [0.25, 0.3) is 11.8 Å². The second-order valence-corrected chi connectivity index (χ2v) is 4.14. The van der Waals surface area contributed by atoms with Gasteiger partial charge in [0.15, 0.2) is 0 Å². The fourth-order valence-electron chi connectivity index (χ4n) is 1.39. The number of imide groups is 1. The lowest BCUT2D eigenvalue weighted by molar-refractivity contribution is -0.198. The number of hydroxylamine groups is 2. The first-order valence-electron chi connectivity index (χ1n) is 7.10. The van der Waals surface area contributed by atoms with Crippen LogP contribution in [0.2, 0.25) is 0 Å². The number of rotatable bonds is 5. The first kappa shape index (κ1) is 10.9. The average Bonchev–Trinajstić information content (AvgIpc) is 2.69. The summed E-state index contributed by atoms with van der Waals surface area (Å²) in [5.74, 6) is -2.95. The van der Waals surface area contributed by atoms with Crippen molar-refractivity contribution in [3.63, 3.8) is 0 Å². The highest BCUT2D eigenvalue weighted by Crippen LogP contribution is 2.12. The van der Waals surface area contributed by atoms with E-state index in [1.807, 2.05) is 0 Å². The summed E-state index contributed by atoms with van der Waals surface area (Å²) < 4.78 is 21.3. The molecule has 1 heterocycles. The fraction of sp³-hybridized carbons (Fsp3) is 0.636. The molecule has 0 aromatic rings. The van der Waals surface area contributed by atoms with Crippen molar-refractivity contribution in [2.75, 3.05) is 20.6 Å². The Kier molecular flexibility index (Phi) is 3.61. The van der Waals surface area contributed by atoms with Gasteiger partial charge < -0.3 is 15.1 Å². The number of amides is 3. The molecule has 0 bridgehead atoms. The van der Waals surface area contributed by atoms with Crippen molar-refractivity contribution in [3.8, 4) is 0 Å². The van der Waals surface area contributed by atoms with Gasteiger partial charge in [0.1, 0.15) is 6.04 Å². The molecule has 0 aromatic carbocycles. The van der Waals surface area contributed by atoms with Crippen LogP contribution >= 0.6 is 0 Å². The van der Waals surface area contributed by atoms with Crippen molar-refractivity contribution in [3.05, 3.63) is 0 Å². The van der Waals surface area contributed by atoms with E-state index in [4.69, 9.17) is 4.11 Å². The Morgan fingerprint density at radius 2 is 2.05 bits per heavy atom. The third-order valence-corrected chi connectivity index (χ3v) is 2.30. The number of carbonyl (C=O) groups is 4. The molecule has 1 N–H and O–H groups in total. The van der Waals surface area contributed by atoms with Crippen molar-refractivity contribution >= 4 is 23.7 Å². The summed E-state index contributed by atoms with van der Waals surface area (Å²) in [5, 5.41) is 2.61. The first-order valence-corrected chi connectivity index (χ1v) is 5.60. The van der Waals surface area contributed by atoms with Crippen LogP contribution < -0.4 is 5.32 Å². The predicted molar refractivity (Wildman–Crippen MR) is 63.3 cm³/mol. The van der Waals surface area contributed by atoms with Gasteiger partial charge in [-0.05, 0) is 20.9 Å². The maximum absolute atomic E-state index is 11.7. The van der Waals surface area contributed by atoms with Crippen molar-refractivity contribution in [2.45, 2.75) is 25.8 Å². The fourth-order valence-corrected chi connectivity index (χ4v) is 1.39. The number of carbonyl (C=O) groups excluding carboxylic acids is 4. The number of hydrogen-bond acceptors (Lipinski definition) is 6. The van der Waals surface area contributed by atoms with Crippen LogP contribution in [0.5, 0.6) is 0 Å². The summed E-state index contributed by atoms with van der Waals surface area (Å²) >= 11 is 0. The van der Waals surface area contributed by atoms with Crippen LogP contribution in [0.3, 0.4) is 0 Å². The zero-order valence-electron chi connectivity index (χ0n) is 13.6. The standard InChI is InChI=1S/C11H17N3O5/c1-7(12-8(15)6-13(2)3)11(18)19-14-9(16)4-5-10(14)17/h7H,4-6H2,1-3H3,(H,12,15)/i2+1D3. The molecule has 0 saturated carbocycles. The van der Waals surface area contributed by atoms with Crippen LogP contribution in [-0.4, -0.2) is 60.3 Å². The third-order valence-electron chi connectivity index (χ3n) is 2.30. The van der Waals surface area contributed by atoms with Gasteiger partial charge in [0.2, 0.25) is 5.91 Å². The molecule has 1 aliphatic rings. The molecule has 8 heteroatoms. The van der Waals surface area contributed by atoms with Gasteiger partial charge in [0, 0.05) is 17.0 Å². The molecular formula is C11H17N3O5. The molecular weight excluding hydrogens is 255 g/mol. The molecule has 1 unspecified atom stereocenters. The van der Waals surface area contributed by atoms with Crippen LogP contribution in [0.25, 0.3) is 0 Å². The summed E-state index contributed by atoms with van der Waals surface area (Å²) in [4.78, 5) is 51.4. The summed E-state index contributed by atoms with van der Waals surface area (Å²) in [6, 6.07) is -1.14. The Balaban J connectivity index is 2.49. The molecule has 0 spiro atoms. The topological polar surface area (TPSA) is 96.0 Å². The lowest BCUT2D eigenvalue weighted by Gasteiger charge is -2.18. The average molecular weight is 275 g/mol. The van der Waals surface area contributed by atoms with Gasteiger partial charge in [-0.25, -0.2) is 4.79 Å². The molecule has 8 nitrogen and oxygen atoms in total. The van der Waals surface area contributed by atoms with Crippen LogP contribution in [0, 0.1) is 0 Å². The lowest BCUT2D eigenvalue weighted by atomic mass is 10.3. The van der Waals surface area contributed by atoms with Crippen molar-refractivity contribution < 1.29 is 28.1 Å². The summed E-state index contributed by atoms with van der Waals surface area (Å²) in [5.41, 5.74) is 0. The SMILES string of the molecule is [2H][13C]([2H])([2H])N(C)CC(=O)NC(C)C(=O)ON1C(=O)CCC1=O. The molecule has 0 aromatic heterocycles. The van der Waals surface area contributed by atoms with Crippen molar-refractivity contribution in [2.24, 2.45) is 0 Å². The molecule has 3 amide bonds. The first-order chi connectivity index (χ1) is 10.0. The monoisotopic (exact) mass is 275 g/mol. The van der Waals surface area contributed by atoms with Gasteiger partial charge >= 0.3 is 5.97 Å². The van der Waals surface area contributed by atoms with E-state index in [1.54, 1.807) is 0 Å². The van der Waals surface area contributed by atoms with Gasteiger partial charge in [-0.1, -0.05) is 0 Å². The molecule has 1 aliphatic heterocycles. The van der Waals surface area contributed by atoms with Crippen LogP contribution in [-0.2, 0) is 24.0 Å². The number of nitrogens with one attached hydrogen (secondary N) is 1. The minimum Gasteiger partial charge on any atom is -0.342 e. The second kappa shape index (κ2) is 6.28. The zero-order chi connectivity index (χ0) is 17.1. The van der Waals surface area contributed by atoms with E-state index >= 15 is 0 Å². The molecule has 0 aliphatic carbocycles. The largest absolute Gasteiger partial charge is 0.354 e. The lowest BCUT2D eigenvalue weighted by Crippen LogP contribution is -2.45. The predicted octanol–water partition coefficient (Wildman–Crippen LogP) is -1.34. The number of likely N-dealkylation sites (N-methyl/N-ethyl adjacent to an activating group) is 1. The van der Waals surface area contributed by atoms with Crippen LogP contribution in [0.1, 0.15) is 23.9 Å². The van der Waals surface area contributed by atoms with E-state index in [-0.39, 0.29) is 12.8 Å². The summed E-state index contributed by atoms with van der Waals surface area (Å²) in [6.45, 7) is -1.59. The smallest absolute Gasteiger partial charge is 0.342 e. The maximum atomic E-state index is 11.7. The van der Waals surface area contributed by atoms with Gasteiger partial charge in [-0.3, -0.25) is 14.4 Å². The van der Waals surface area contributed by atoms with E-state index in [9.17, 15) is 19.2 Å². The summed E-state index contributed by atoms with van der Waals surface area (Å²) in [7, 11) is 1.23. The van der Waals surface area contributed by atoms with E-state index in [0.29, 0.717) is 5.06 Å². The second-order valence-electron chi connectivity index (χ2n) is 4.14. The Morgan fingerprint density at radius 1 is 1.47 bits per heavy atom. The van der Waals surface area contributed by atoms with Crippen molar-refractivity contribution in [1.29, 1.82) is 0 Å². The molecule has 1 fully saturated rings. The zero-order valence-corrected chi connectivity index (χ0v) is 10.6. The minimum atomic E-state index is -2.44. The quantitative estimate of drug-likeness (QED) is 0.493. The molecule has 0 radical (unpaired) electrons. The molecule has 19 heavy (non-hydrogen) atoms. The molecule has 1 atom stereocenters. The normalized spacial score (nSPS) is 19.7. The Labute approximate surface area is 114 Å². The number of hydrogen-bond donors (Lipinski definition) is 1. The molecule has 106 valence electrons. The van der Waals surface area contributed by atoms with Gasteiger partial charge in [0.05, 0.1) is 6.54 Å².